The molecule has 0 radical (unpaired) electrons. The number of ether oxygens (including phenoxy) is 1. The van der Waals surface area contributed by atoms with Crippen molar-refractivity contribution in [3.8, 4) is 0 Å². The predicted molar refractivity (Wildman–Crippen MR) is 82.8 cm³/mol. The van der Waals surface area contributed by atoms with Crippen molar-refractivity contribution in [2.24, 2.45) is 0 Å². The topological polar surface area (TPSA) is 102 Å². The van der Waals surface area contributed by atoms with Crippen LogP contribution in [0.15, 0.2) is 4.52 Å². The van der Waals surface area contributed by atoms with Crippen LogP contribution in [0.5, 0.6) is 0 Å². The van der Waals surface area contributed by atoms with E-state index in [2.05, 4.69) is 10.5 Å². The summed E-state index contributed by atoms with van der Waals surface area (Å²) in [4.78, 5) is 36.3. The van der Waals surface area contributed by atoms with Crippen LogP contribution in [0.2, 0.25) is 0 Å². The maximum Gasteiger partial charge on any atom is 0.324 e. The second kappa shape index (κ2) is 7.49. The van der Waals surface area contributed by atoms with Gasteiger partial charge in [0.15, 0.2) is 6.10 Å². The molecule has 9 heteroatoms. The molecule has 0 aromatic carbocycles. The fourth-order valence-corrected chi connectivity index (χ4v) is 3.08. The molecule has 2 heterocycles. The van der Waals surface area contributed by atoms with Gasteiger partial charge in [0.25, 0.3) is 5.91 Å². The van der Waals surface area contributed by atoms with Crippen molar-refractivity contribution in [2.45, 2.75) is 32.6 Å². The van der Waals surface area contributed by atoms with E-state index < -0.39 is 24.0 Å². The zero-order valence-electron chi connectivity index (χ0n) is 13.2. The van der Waals surface area contributed by atoms with E-state index in [0.29, 0.717) is 18.8 Å². The minimum absolute atomic E-state index is 0.105. The number of nitrogens with zero attached hydrogens (tertiary/aromatic N) is 2. The normalized spacial score (nSPS) is 15.4. The monoisotopic (exact) mass is 341 g/mol. The lowest BCUT2D eigenvalue weighted by Gasteiger charge is -2.18. The van der Waals surface area contributed by atoms with Gasteiger partial charge in [-0.2, -0.15) is 0 Å². The molecular weight excluding hydrogens is 322 g/mol. The van der Waals surface area contributed by atoms with Crippen LogP contribution in [0.1, 0.15) is 23.9 Å². The number of nitrogens with one attached hydrogen (secondary N) is 1. The van der Waals surface area contributed by atoms with Crippen molar-refractivity contribution in [3.63, 3.8) is 0 Å². The average Bonchev–Trinajstić information content (AvgIpc) is 3.06. The lowest BCUT2D eigenvalue weighted by atomic mass is 10.2. The molecule has 8 nitrogen and oxygen atoms in total. The number of aryl methyl sites for hydroxylation is 2. The number of carbonyl (C=O) groups is 3. The van der Waals surface area contributed by atoms with Crippen LogP contribution in [0, 0.1) is 13.8 Å². The third kappa shape index (κ3) is 4.25. The second-order valence-electron chi connectivity index (χ2n) is 5.15. The van der Waals surface area contributed by atoms with Gasteiger partial charge in [-0.15, -0.1) is 11.8 Å². The zero-order chi connectivity index (χ0) is 17.0. The number of aromatic nitrogens is 1. The van der Waals surface area contributed by atoms with Crippen LogP contribution in [0.3, 0.4) is 0 Å². The van der Waals surface area contributed by atoms with Gasteiger partial charge in [0, 0.05) is 24.4 Å². The minimum atomic E-state index is -0.981. The Morgan fingerprint density at radius 2 is 2.22 bits per heavy atom. The number of carbonyl (C=O) groups excluding carboxylic acids is 3. The Morgan fingerprint density at radius 3 is 2.78 bits per heavy atom. The zero-order valence-corrected chi connectivity index (χ0v) is 14.1. The highest BCUT2D eigenvalue weighted by atomic mass is 32.2. The molecule has 1 aromatic heterocycles. The molecule has 126 valence electrons. The van der Waals surface area contributed by atoms with Gasteiger partial charge < -0.3 is 14.6 Å². The van der Waals surface area contributed by atoms with Crippen LogP contribution in [-0.2, 0) is 20.1 Å². The summed E-state index contributed by atoms with van der Waals surface area (Å²) in [7, 11) is 0. The molecule has 1 aliphatic rings. The summed E-state index contributed by atoms with van der Waals surface area (Å²) in [6.45, 7) is 5.83. The highest BCUT2D eigenvalue weighted by Crippen LogP contribution is 2.19. The molecule has 0 saturated carbocycles. The highest BCUT2D eigenvalue weighted by Gasteiger charge is 2.31. The van der Waals surface area contributed by atoms with Gasteiger partial charge in [0.1, 0.15) is 5.76 Å². The van der Waals surface area contributed by atoms with Crippen LogP contribution >= 0.6 is 11.8 Å². The number of urea groups is 1. The minimum Gasteiger partial charge on any atom is -0.452 e. The molecule has 0 aliphatic carbocycles. The first-order valence-corrected chi connectivity index (χ1v) is 8.33. The van der Waals surface area contributed by atoms with Gasteiger partial charge in [-0.05, 0) is 20.8 Å². The molecule has 0 bridgehead atoms. The molecule has 1 N–H and O–H groups in total. The van der Waals surface area contributed by atoms with Crippen molar-refractivity contribution in [3.05, 3.63) is 17.0 Å². The van der Waals surface area contributed by atoms with Crippen LogP contribution in [0.4, 0.5) is 4.79 Å². The maximum atomic E-state index is 12.0. The summed E-state index contributed by atoms with van der Waals surface area (Å²) in [6.07, 6.45) is -0.981. The van der Waals surface area contributed by atoms with Gasteiger partial charge in [-0.25, -0.2) is 4.79 Å². The standard InChI is InChI=1S/C14H19N3O5S/c1-8-11(9(2)22-16-8)6-23-7-12(18)21-10(3)13(19)17-5-4-15-14(17)20/h10H,4-7H2,1-3H3,(H,15,20)/t10-/m1/s1. The number of rotatable bonds is 6. The third-order valence-corrected chi connectivity index (χ3v) is 4.36. The van der Waals surface area contributed by atoms with Gasteiger partial charge in [-0.3, -0.25) is 14.5 Å². The summed E-state index contributed by atoms with van der Waals surface area (Å²) < 4.78 is 10.1. The van der Waals surface area contributed by atoms with E-state index in [0.717, 1.165) is 21.9 Å². The average molecular weight is 341 g/mol. The largest absolute Gasteiger partial charge is 0.452 e. The van der Waals surface area contributed by atoms with Gasteiger partial charge in [0.05, 0.1) is 11.4 Å². The summed E-state index contributed by atoms with van der Waals surface area (Å²) in [6, 6.07) is -0.453. The van der Waals surface area contributed by atoms with Gasteiger partial charge in [0.2, 0.25) is 0 Å². The summed E-state index contributed by atoms with van der Waals surface area (Å²) in [5.74, 6) is 0.402. The van der Waals surface area contributed by atoms with E-state index >= 15 is 0 Å². The molecular formula is C14H19N3O5S. The van der Waals surface area contributed by atoms with Crippen molar-refractivity contribution in [1.29, 1.82) is 0 Å². The van der Waals surface area contributed by atoms with E-state index in [1.807, 2.05) is 13.8 Å². The number of hydrogen-bond acceptors (Lipinski definition) is 7. The number of esters is 1. The molecule has 0 unspecified atom stereocenters. The molecule has 23 heavy (non-hydrogen) atoms. The Kier molecular flexibility index (Phi) is 5.64. The molecule has 1 atom stereocenters. The number of imide groups is 1. The van der Waals surface area contributed by atoms with Crippen molar-refractivity contribution in [2.75, 3.05) is 18.8 Å². The Hall–Kier alpha value is -2.03. The quantitative estimate of drug-likeness (QED) is 0.770. The smallest absolute Gasteiger partial charge is 0.324 e. The third-order valence-electron chi connectivity index (χ3n) is 3.43. The summed E-state index contributed by atoms with van der Waals surface area (Å²) >= 11 is 1.36. The Morgan fingerprint density at radius 1 is 1.48 bits per heavy atom. The summed E-state index contributed by atoms with van der Waals surface area (Å²) in [5.41, 5.74) is 1.76. The number of thioether (sulfide) groups is 1. The van der Waals surface area contributed by atoms with Crippen LogP contribution < -0.4 is 5.32 Å². The van der Waals surface area contributed by atoms with Crippen molar-refractivity contribution in [1.82, 2.24) is 15.4 Å². The van der Waals surface area contributed by atoms with Crippen LogP contribution in [-0.4, -0.2) is 52.9 Å². The molecule has 2 rings (SSSR count). The van der Waals surface area contributed by atoms with E-state index in [1.54, 1.807) is 0 Å². The Bertz CT molecular complexity index is 596. The second-order valence-corrected chi connectivity index (χ2v) is 6.14. The Labute approximate surface area is 137 Å². The molecule has 1 aromatic rings. The maximum absolute atomic E-state index is 12.0. The SMILES string of the molecule is Cc1noc(C)c1CSCC(=O)O[C@H](C)C(=O)N1CCNC1=O. The first-order valence-electron chi connectivity index (χ1n) is 7.18. The Balaban J connectivity index is 1.76. The molecule has 0 spiro atoms. The highest BCUT2D eigenvalue weighted by molar-refractivity contribution is 7.99. The molecule has 3 amide bonds. The number of hydrogen-bond donors (Lipinski definition) is 1. The van der Waals surface area contributed by atoms with E-state index in [9.17, 15) is 14.4 Å². The van der Waals surface area contributed by atoms with Crippen molar-refractivity contribution < 1.29 is 23.6 Å². The van der Waals surface area contributed by atoms with Crippen LogP contribution in [0.25, 0.3) is 0 Å². The lowest BCUT2D eigenvalue weighted by molar-refractivity contribution is -0.155. The summed E-state index contributed by atoms with van der Waals surface area (Å²) in [5, 5.41) is 6.37. The van der Waals surface area contributed by atoms with E-state index in [-0.39, 0.29) is 5.75 Å². The van der Waals surface area contributed by atoms with E-state index in [1.165, 1.54) is 18.7 Å². The van der Waals surface area contributed by atoms with E-state index in [4.69, 9.17) is 9.26 Å². The lowest BCUT2D eigenvalue weighted by Crippen LogP contribution is -2.42. The predicted octanol–water partition coefficient (Wildman–Crippen LogP) is 1.01. The molecule has 1 fully saturated rings. The first-order chi connectivity index (χ1) is 10.9. The molecule has 1 aliphatic heterocycles. The first kappa shape index (κ1) is 17.3. The van der Waals surface area contributed by atoms with Crippen molar-refractivity contribution >= 4 is 29.7 Å². The molecule has 1 saturated heterocycles. The van der Waals surface area contributed by atoms with Gasteiger partial charge in [-0.1, -0.05) is 5.16 Å². The fraction of sp³-hybridized carbons (Fsp3) is 0.571. The fourth-order valence-electron chi connectivity index (χ4n) is 2.13. The van der Waals surface area contributed by atoms with Gasteiger partial charge >= 0.3 is 12.0 Å². The number of amides is 3.